The Morgan fingerprint density at radius 1 is 1.44 bits per heavy atom. The highest BCUT2D eigenvalue weighted by atomic mass is 16.6. The maximum atomic E-state index is 11.2. The van der Waals surface area contributed by atoms with Crippen molar-refractivity contribution in [1.29, 1.82) is 0 Å². The Bertz CT molecular complexity index is 312. The van der Waals surface area contributed by atoms with Crippen LogP contribution < -0.4 is 0 Å². The van der Waals surface area contributed by atoms with Gasteiger partial charge in [-0.3, -0.25) is 0 Å². The Morgan fingerprint density at radius 3 is 2.38 bits per heavy atom. The van der Waals surface area contributed by atoms with Crippen molar-refractivity contribution < 1.29 is 19.4 Å². The van der Waals surface area contributed by atoms with Crippen molar-refractivity contribution in [2.45, 2.75) is 39.2 Å². The number of hydrogen-bond donors (Lipinski definition) is 1. The molecule has 0 unspecified atom stereocenters. The molecule has 5 nitrogen and oxygen atoms in total. The number of carboxylic acids is 1. The van der Waals surface area contributed by atoms with Gasteiger partial charge in [0, 0.05) is 6.42 Å². The summed E-state index contributed by atoms with van der Waals surface area (Å²) in [7, 11) is 0. The van der Waals surface area contributed by atoms with E-state index in [-0.39, 0.29) is 12.1 Å². The summed E-state index contributed by atoms with van der Waals surface area (Å²) in [6, 6.07) is 0. The molecule has 90 valence electrons. The highest BCUT2D eigenvalue weighted by molar-refractivity contribution is 6.37. The molecule has 0 heterocycles. The molecule has 0 aromatic carbocycles. The zero-order valence-corrected chi connectivity index (χ0v) is 9.82. The van der Waals surface area contributed by atoms with Gasteiger partial charge < -0.3 is 9.84 Å². The van der Waals surface area contributed by atoms with Gasteiger partial charge in [-0.05, 0) is 27.2 Å². The lowest BCUT2D eigenvalue weighted by Crippen LogP contribution is -2.24. The fourth-order valence-corrected chi connectivity index (χ4v) is 0.844. The van der Waals surface area contributed by atoms with E-state index in [9.17, 15) is 9.59 Å². The zero-order valence-electron chi connectivity index (χ0n) is 9.82. The van der Waals surface area contributed by atoms with Gasteiger partial charge in [-0.2, -0.15) is 4.99 Å². The highest BCUT2D eigenvalue weighted by Crippen LogP contribution is 2.08. The van der Waals surface area contributed by atoms with Crippen molar-refractivity contribution in [2.24, 2.45) is 4.99 Å². The summed E-state index contributed by atoms with van der Waals surface area (Å²) in [6.45, 7) is 8.52. The molecule has 0 aromatic rings. The second-order valence-electron chi connectivity index (χ2n) is 4.17. The van der Waals surface area contributed by atoms with Crippen LogP contribution in [0.5, 0.6) is 0 Å². The third-order valence-corrected chi connectivity index (χ3v) is 1.45. The van der Waals surface area contributed by atoms with E-state index in [4.69, 9.17) is 9.84 Å². The summed E-state index contributed by atoms with van der Waals surface area (Å²) in [6.07, 6.45) is 1.30. The second kappa shape index (κ2) is 6.05. The van der Waals surface area contributed by atoms with Gasteiger partial charge >= 0.3 is 12.1 Å². The van der Waals surface area contributed by atoms with Gasteiger partial charge in [0.1, 0.15) is 11.3 Å². The summed E-state index contributed by atoms with van der Waals surface area (Å²) in [5.41, 5.74) is -0.892. The van der Waals surface area contributed by atoms with Crippen LogP contribution in [0.2, 0.25) is 0 Å². The van der Waals surface area contributed by atoms with E-state index >= 15 is 0 Å². The Kier molecular flexibility index (Phi) is 5.42. The monoisotopic (exact) mass is 227 g/mol. The van der Waals surface area contributed by atoms with E-state index in [1.165, 1.54) is 0 Å². The van der Waals surface area contributed by atoms with Crippen molar-refractivity contribution in [1.82, 2.24) is 0 Å². The first-order chi connectivity index (χ1) is 7.26. The average Bonchev–Trinajstić information content (AvgIpc) is 2.08. The maximum absolute atomic E-state index is 11.2. The van der Waals surface area contributed by atoms with E-state index in [0.29, 0.717) is 6.42 Å². The third-order valence-electron chi connectivity index (χ3n) is 1.45. The lowest BCUT2D eigenvalue weighted by molar-refractivity contribution is -0.129. The van der Waals surface area contributed by atoms with Crippen LogP contribution >= 0.6 is 0 Å². The molecule has 0 aromatic heterocycles. The van der Waals surface area contributed by atoms with Gasteiger partial charge in [-0.1, -0.05) is 6.08 Å². The third kappa shape index (κ3) is 6.75. The molecule has 0 bridgehead atoms. The predicted octanol–water partition coefficient (Wildman–Crippen LogP) is 2.41. The molecular formula is C11H17NO4. The number of carboxylic acid groups (broad SMARTS) is 1. The molecular weight excluding hydrogens is 210 g/mol. The molecule has 0 spiro atoms. The molecule has 0 aliphatic rings. The lowest BCUT2D eigenvalue weighted by Gasteiger charge is -2.17. The minimum absolute atomic E-state index is 0.165. The van der Waals surface area contributed by atoms with Gasteiger partial charge in [0.25, 0.3) is 0 Å². The summed E-state index contributed by atoms with van der Waals surface area (Å²) in [5.74, 6) is -1.22. The van der Waals surface area contributed by atoms with Crippen LogP contribution in [0.25, 0.3) is 0 Å². The van der Waals surface area contributed by atoms with Gasteiger partial charge in [0.15, 0.2) is 0 Å². The first-order valence-corrected chi connectivity index (χ1v) is 4.91. The van der Waals surface area contributed by atoms with Gasteiger partial charge in [0.05, 0.1) is 0 Å². The number of rotatable bonds is 4. The molecule has 0 saturated carbocycles. The van der Waals surface area contributed by atoms with Crippen LogP contribution in [0, 0.1) is 0 Å². The van der Waals surface area contributed by atoms with E-state index < -0.39 is 17.7 Å². The number of carbonyl (C=O) groups excluding carboxylic acids is 1. The first kappa shape index (κ1) is 14.3. The van der Waals surface area contributed by atoms with Crippen molar-refractivity contribution in [3.05, 3.63) is 12.7 Å². The molecule has 0 radical (unpaired) electrons. The van der Waals surface area contributed by atoms with Crippen molar-refractivity contribution in [3.63, 3.8) is 0 Å². The normalized spacial score (nSPS) is 12.1. The van der Waals surface area contributed by atoms with E-state index in [1.54, 1.807) is 26.8 Å². The van der Waals surface area contributed by atoms with Gasteiger partial charge in [0.2, 0.25) is 0 Å². The number of ether oxygens (including phenoxy) is 1. The minimum atomic E-state index is -1.22. The van der Waals surface area contributed by atoms with Crippen LogP contribution in [0.1, 0.15) is 33.6 Å². The number of carbonyl (C=O) groups is 2. The van der Waals surface area contributed by atoms with Crippen molar-refractivity contribution in [2.75, 3.05) is 0 Å². The molecule has 1 amide bonds. The minimum Gasteiger partial charge on any atom is -0.477 e. The van der Waals surface area contributed by atoms with E-state index in [2.05, 4.69) is 11.6 Å². The Hall–Kier alpha value is -1.65. The molecule has 0 saturated heterocycles. The van der Waals surface area contributed by atoms with Crippen molar-refractivity contribution in [3.8, 4) is 0 Å². The summed E-state index contributed by atoms with van der Waals surface area (Å²) in [4.78, 5) is 25.4. The largest absolute Gasteiger partial charge is 0.477 e. The molecule has 1 N–H and O–H groups in total. The Labute approximate surface area is 94.8 Å². The van der Waals surface area contributed by atoms with Crippen LogP contribution in [0.15, 0.2) is 17.6 Å². The van der Waals surface area contributed by atoms with Crippen LogP contribution in [0.3, 0.4) is 0 Å². The quantitative estimate of drug-likeness (QED) is 0.591. The summed E-state index contributed by atoms with van der Waals surface area (Å²) >= 11 is 0. The molecule has 0 rings (SSSR count). The smallest absolute Gasteiger partial charge is 0.434 e. The van der Waals surface area contributed by atoms with E-state index in [1.807, 2.05) is 0 Å². The average molecular weight is 227 g/mol. The summed E-state index contributed by atoms with van der Waals surface area (Å²) in [5, 5.41) is 8.77. The molecule has 0 atom stereocenters. The second-order valence-corrected chi connectivity index (χ2v) is 4.17. The topological polar surface area (TPSA) is 76.0 Å². The number of allylic oxidation sites excluding steroid dienone is 1. The number of amides is 1. The lowest BCUT2D eigenvalue weighted by atomic mass is 10.2. The fourth-order valence-electron chi connectivity index (χ4n) is 0.844. The van der Waals surface area contributed by atoms with Crippen LogP contribution in [-0.2, 0) is 9.53 Å². The fraction of sp³-hybridized carbons (Fsp3) is 0.545. The number of aliphatic imine (C=N–C) groups is 1. The molecule has 0 aliphatic carbocycles. The maximum Gasteiger partial charge on any atom is 0.434 e. The zero-order chi connectivity index (χ0) is 12.8. The van der Waals surface area contributed by atoms with Gasteiger partial charge in [-0.25, -0.2) is 9.59 Å². The molecule has 16 heavy (non-hydrogen) atoms. The van der Waals surface area contributed by atoms with Gasteiger partial charge in [-0.15, -0.1) is 6.58 Å². The van der Waals surface area contributed by atoms with E-state index in [0.717, 1.165) is 0 Å². The molecule has 0 aliphatic heterocycles. The molecule has 0 fully saturated rings. The Morgan fingerprint density at radius 2 is 2.00 bits per heavy atom. The number of aliphatic carboxylic acids is 1. The predicted molar refractivity (Wildman–Crippen MR) is 60.7 cm³/mol. The van der Waals surface area contributed by atoms with Crippen molar-refractivity contribution >= 4 is 17.8 Å². The highest BCUT2D eigenvalue weighted by Gasteiger charge is 2.18. The van der Waals surface area contributed by atoms with Crippen LogP contribution in [0.4, 0.5) is 4.79 Å². The standard InChI is InChI=1S/C11H17NO4/c1-5-6-7-8(9(13)14)12-10(15)16-11(2,3)4/h5H,1,6-7H2,2-4H3,(H,13,14)/b12-8+. The van der Waals surface area contributed by atoms with Crippen LogP contribution in [-0.4, -0.2) is 28.5 Å². The number of hydrogen-bond acceptors (Lipinski definition) is 3. The number of nitrogens with zero attached hydrogens (tertiary/aromatic N) is 1. The molecule has 5 heteroatoms. The SMILES string of the molecule is C=CCC/C(=N\C(=O)OC(C)(C)C)C(=O)O. The first-order valence-electron chi connectivity index (χ1n) is 4.91. The Balaban J connectivity index is 4.59. The summed E-state index contributed by atoms with van der Waals surface area (Å²) < 4.78 is 4.88.